The third kappa shape index (κ3) is 5.02. The normalized spacial score (nSPS) is 10.2. The fourth-order valence-electron chi connectivity index (χ4n) is 2.44. The molecule has 0 spiro atoms. The van der Waals surface area contributed by atoms with Crippen LogP contribution in [0.25, 0.3) is 0 Å². The van der Waals surface area contributed by atoms with E-state index in [0.29, 0.717) is 29.3 Å². The van der Waals surface area contributed by atoms with Gasteiger partial charge in [0, 0.05) is 27.2 Å². The van der Waals surface area contributed by atoms with Crippen LogP contribution in [-0.4, -0.2) is 34.3 Å². The fraction of sp³-hybridized carbons (Fsp3) is 0.316. The van der Waals surface area contributed by atoms with Gasteiger partial charge in [0.2, 0.25) is 0 Å². The highest BCUT2D eigenvalue weighted by Gasteiger charge is 2.08. The molecule has 7 heteroatoms. The Bertz CT molecular complexity index is 766. The highest BCUT2D eigenvalue weighted by atomic mass is 19.1. The average molecular weight is 361 g/mol. The summed E-state index contributed by atoms with van der Waals surface area (Å²) in [5, 5.41) is 5.46. The molecule has 0 saturated heterocycles. The van der Waals surface area contributed by atoms with Crippen LogP contribution in [0.3, 0.4) is 0 Å². The first-order chi connectivity index (χ1) is 12.4. The molecule has 0 atom stereocenters. The van der Waals surface area contributed by atoms with Gasteiger partial charge in [-0.05, 0) is 35.4 Å². The molecule has 0 aliphatic rings. The van der Waals surface area contributed by atoms with Gasteiger partial charge in [-0.3, -0.25) is 0 Å². The smallest absolute Gasteiger partial charge is 0.315 e. The number of ether oxygens (including phenoxy) is 2. The van der Waals surface area contributed by atoms with E-state index >= 15 is 0 Å². The molecular formula is C19H24FN3O3. The second-order valence-electron chi connectivity index (χ2n) is 5.91. The molecule has 2 rings (SSSR count). The molecule has 140 valence electrons. The number of amides is 2. The highest BCUT2D eigenvalue weighted by molar-refractivity contribution is 5.73. The van der Waals surface area contributed by atoms with E-state index < -0.39 is 0 Å². The topological polar surface area (TPSA) is 62.8 Å². The molecule has 0 saturated carbocycles. The lowest BCUT2D eigenvalue weighted by Gasteiger charge is -2.14. The maximum atomic E-state index is 13.9. The van der Waals surface area contributed by atoms with Gasteiger partial charge >= 0.3 is 6.03 Å². The van der Waals surface area contributed by atoms with E-state index in [1.54, 1.807) is 57.5 Å². The summed E-state index contributed by atoms with van der Waals surface area (Å²) in [5.74, 6) is 0.910. The van der Waals surface area contributed by atoms with Gasteiger partial charge in [0.25, 0.3) is 0 Å². The number of benzene rings is 2. The van der Waals surface area contributed by atoms with Crippen molar-refractivity contribution in [2.24, 2.45) is 0 Å². The predicted octanol–water partition coefficient (Wildman–Crippen LogP) is 2.91. The van der Waals surface area contributed by atoms with E-state index in [-0.39, 0.29) is 18.4 Å². The number of rotatable bonds is 7. The zero-order valence-electron chi connectivity index (χ0n) is 15.4. The first kappa shape index (κ1) is 19.4. The first-order valence-electron chi connectivity index (χ1n) is 8.13. The van der Waals surface area contributed by atoms with Crippen molar-refractivity contribution >= 4 is 11.7 Å². The third-order valence-electron chi connectivity index (χ3n) is 3.85. The van der Waals surface area contributed by atoms with Crippen molar-refractivity contribution in [3.05, 3.63) is 53.3 Å². The van der Waals surface area contributed by atoms with E-state index in [9.17, 15) is 9.18 Å². The standard InChI is InChI=1S/C19H24FN3O3/c1-23(2)16-7-5-13(9-15(16)20)11-21-19(24)22-12-14-6-8-17(25-3)18(10-14)26-4/h5-10H,11-12H2,1-4H3,(H2,21,22,24). The molecule has 2 aromatic carbocycles. The fourth-order valence-corrected chi connectivity index (χ4v) is 2.44. The lowest BCUT2D eigenvalue weighted by Crippen LogP contribution is -2.34. The number of carbonyl (C=O) groups is 1. The maximum Gasteiger partial charge on any atom is 0.315 e. The Balaban J connectivity index is 1.87. The minimum Gasteiger partial charge on any atom is -0.493 e. The number of anilines is 1. The summed E-state index contributed by atoms with van der Waals surface area (Å²) in [4.78, 5) is 13.6. The van der Waals surface area contributed by atoms with E-state index in [1.807, 2.05) is 6.07 Å². The summed E-state index contributed by atoms with van der Waals surface area (Å²) in [5.41, 5.74) is 2.07. The summed E-state index contributed by atoms with van der Waals surface area (Å²) in [6.07, 6.45) is 0. The summed E-state index contributed by atoms with van der Waals surface area (Å²) < 4.78 is 24.3. The van der Waals surface area contributed by atoms with E-state index in [0.717, 1.165) is 5.56 Å². The lowest BCUT2D eigenvalue weighted by molar-refractivity contribution is 0.240. The van der Waals surface area contributed by atoms with Gasteiger partial charge < -0.3 is 25.0 Å². The Morgan fingerprint density at radius 2 is 1.54 bits per heavy atom. The minimum absolute atomic E-state index is 0.238. The van der Waals surface area contributed by atoms with Gasteiger partial charge in [-0.15, -0.1) is 0 Å². The van der Waals surface area contributed by atoms with Gasteiger partial charge in [0.1, 0.15) is 5.82 Å². The predicted molar refractivity (Wildman–Crippen MR) is 99.3 cm³/mol. The molecule has 2 aromatic rings. The van der Waals surface area contributed by atoms with Gasteiger partial charge in [-0.2, -0.15) is 0 Å². The minimum atomic E-state index is -0.336. The summed E-state index contributed by atoms with van der Waals surface area (Å²) in [6, 6.07) is 9.98. The molecule has 0 aliphatic carbocycles. The van der Waals surface area contributed by atoms with Crippen LogP contribution in [0, 0.1) is 5.82 Å². The molecule has 0 aromatic heterocycles. The molecule has 0 aliphatic heterocycles. The number of nitrogens with zero attached hydrogens (tertiary/aromatic N) is 1. The van der Waals surface area contributed by atoms with Crippen molar-refractivity contribution in [3.8, 4) is 11.5 Å². The third-order valence-corrected chi connectivity index (χ3v) is 3.85. The SMILES string of the molecule is COc1ccc(CNC(=O)NCc2ccc(N(C)C)c(F)c2)cc1OC. The molecule has 26 heavy (non-hydrogen) atoms. The molecule has 0 fully saturated rings. The number of hydrogen-bond acceptors (Lipinski definition) is 4. The van der Waals surface area contributed by atoms with Crippen LogP contribution in [-0.2, 0) is 13.1 Å². The molecular weight excluding hydrogens is 337 g/mol. The molecule has 0 heterocycles. The van der Waals surface area contributed by atoms with Gasteiger partial charge in [-0.1, -0.05) is 12.1 Å². The van der Waals surface area contributed by atoms with E-state index in [2.05, 4.69) is 10.6 Å². The Morgan fingerprint density at radius 3 is 2.08 bits per heavy atom. The zero-order valence-corrected chi connectivity index (χ0v) is 15.4. The van der Waals surface area contributed by atoms with Gasteiger partial charge in [0.15, 0.2) is 11.5 Å². The largest absolute Gasteiger partial charge is 0.493 e. The second-order valence-corrected chi connectivity index (χ2v) is 5.91. The average Bonchev–Trinajstić information content (AvgIpc) is 2.64. The highest BCUT2D eigenvalue weighted by Crippen LogP contribution is 2.27. The van der Waals surface area contributed by atoms with Crippen molar-refractivity contribution < 1.29 is 18.7 Å². The van der Waals surface area contributed by atoms with Crippen LogP contribution in [0.2, 0.25) is 0 Å². The molecule has 0 bridgehead atoms. The van der Waals surface area contributed by atoms with Gasteiger partial charge in [0.05, 0.1) is 19.9 Å². The Labute approximate surface area is 152 Å². The zero-order chi connectivity index (χ0) is 19.1. The number of nitrogens with one attached hydrogen (secondary N) is 2. The van der Waals surface area contributed by atoms with Gasteiger partial charge in [-0.25, -0.2) is 9.18 Å². The molecule has 2 N–H and O–H groups in total. The Kier molecular flexibility index (Phi) is 6.66. The second kappa shape index (κ2) is 8.94. The number of hydrogen-bond donors (Lipinski definition) is 2. The van der Waals surface area contributed by atoms with Crippen LogP contribution in [0.4, 0.5) is 14.9 Å². The summed E-state index contributed by atoms with van der Waals surface area (Å²) >= 11 is 0. The lowest BCUT2D eigenvalue weighted by atomic mass is 10.2. The van der Waals surface area contributed by atoms with Crippen molar-refractivity contribution in [3.63, 3.8) is 0 Å². The van der Waals surface area contributed by atoms with Crippen LogP contribution >= 0.6 is 0 Å². The van der Waals surface area contributed by atoms with Crippen molar-refractivity contribution in [1.29, 1.82) is 0 Å². The van der Waals surface area contributed by atoms with Crippen molar-refractivity contribution in [1.82, 2.24) is 10.6 Å². The number of methoxy groups -OCH3 is 2. The Hall–Kier alpha value is -2.96. The number of carbonyl (C=O) groups excluding carboxylic acids is 1. The van der Waals surface area contributed by atoms with Crippen LogP contribution in [0.15, 0.2) is 36.4 Å². The Morgan fingerprint density at radius 1 is 0.962 bits per heavy atom. The molecule has 0 unspecified atom stereocenters. The summed E-state index contributed by atoms with van der Waals surface area (Å²) in [7, 11) is 6.68. The van der Waals surface area contributed by atoms with Crippen molar-refractivity contribution in [2.75, 3.05) is 33.2 Å². The molecule has 0 radical (unpaired) electrons. The molecule has 6 nitrogen and oxygen atoms in total. The molecule has 2 amide bonds. The maximum absolute atomic E-state index is 13.9. The van der Waals surface area contributed by atoms with Crippen molar-refractivity contribution in [2.45, 2.75) is 13.1 Å². The summed E-state index contributed by atoms with van der Waals surface area (Å²) in [6.45, 7) is 0.572. The number of urea groups is 1. The first-order valence-corrected chi connectivity index (χ1v) is 8.13. The van der Waals surface area contributed by atoms with Crippen LogP contribution < -0.4 is 25.0 Å². The van der Waals surface area contributed by atoms with E-state index in [4.69, 9.17) is 9.47 Å². The van der Waals surface area contributed by atoms with E-state index in [1.165, 1.54) is 6.07 Å². The van der Waals surface area contributed by atoms with Crippen LogP contribution in [0.1, 0.15) is 11.1 Å². The quantitative estimate of drug-likeness (QED) is 0.796. The number of halogens is 1. The monoisotopic (exact) mass is 361 g/mol. The van der Waals surface area contributed by atoms with Crippen LogP contribution in [0.5, 0.6) is 11.5 Å².